The number of carbonyl (C=O) groups excluding carboxylic acids is 1. The molecule has 6 nitrogen and oxygen atoms in total. The summed E-state index contributed by atoms with van der Waals surface area (Å²) >= 11 is 1.42. The van der Waals surface area contributed by atoms with E-state index >= 15 is 0 Å². The summed E-state index contributed by atoms with van der Waals surface area (Å²) in [4.78, 5) is 21.8. The molecule has 3 aromatic carbocycles. The minimum Gasteiger partial charge on any atom is -0.295 e. The number of benzene rings is 3. The number of aromatic nitrogens is 4. The van der Waals surface area contributed by atoms with Gasteiger partial charge in [0.15, 0.2) is 11.0 Å². The molecule has 0 fully saturated rings. The summed E-state index contributed by atoms with van der Waals surface area (Å²) in [6.45, 7) is 0. The fourth-order valence-corrected chi connectivity index (χ4v) is 3.87. The van der Waals surface area contributed by atoms with Gasteiger partial charge < -0.3 is 0 Å². The molecule has 0 saturated heterocycles. The van der Waals surface area contributed by atoms with Crippen molar-refractivity contribution in [2.75, 3.05) is 5.32 Å². The van der Waals surface area contributed by atoms with Gasteiger partial charge in [-0.05, 0) is 24.3 Å². The van der Waals surface area contributed by atoms with Crippen LogP contribution in [0.1, 0.15) is 10.6 Å². The molecule has 0 aliphatic rings. The molecular formula is C22H15N5OS. The summed E-state index contributed by atoms with van der Waals surface area (Å²) in [5.74, 6) is 0.300. The first-order valence-corrected chi connectivity index (χ1v) is 9.84. The van der Waals surface area contributed by atoms with E-state index in [0.29, 0.717) is 11.0 Å². The molecule has 0 spiro atoms. The fraction of sp³-hybridized carbons (Fsp3) is 0. The van der Waals surface area contributed by atoms with Crippen LogP contribution in [0.4, 0.5) is 5.13 Å². The summed E-state index contributed by atoms with van der Waals surface area (Å²) in [6.07, 6.45) is 0. The third-order valence-corrected chi connectivity index (χ3v) is 5.31. The molecule has 1 N–H and O–H groups in total. The van der Waals surface area contributed by atoms with Gasteiger partial charge >= 0.3 is 0 Å². The van der Waals surface area contributed by atoms with Gasteiger partial charge in [0.25, 0.3) is 5.91 Å². The maximum absolute atomic E-state index is 12.8. The van der Waals surface area contributed by atoms with Gasteiger partial charge in [0.1, 0.15) is 0 Å². The van der Waals surface area contributed by atoms with Crippen molar-refractivity contribution in [2.24, 2.45) is 0 Å². The summed E-state index contributed by atoms with van der Waals surface area (Å²) in [6, 6.07) is 27.1. The van der Waals surface area contributed by atoms with Crippen LogP contribution in [0.15, 0.2) is 84.9 Å². The van der Waals surface area contributed by atoms with Gasteiger partial charge in [-0.2, -0.15) is 0 Å². The third-order valence-electron chi connectivity index (χ3n) is 4.36. The Balaban J connectivity index is 1.53. The number of hydrogen-bond donors (Lipinski definition) is 1. The van der Waals surface area contributed by atoms with Gasteiger partial charge in [-0.3, -0.25) is 10.1 Å². The number of nitrogens with zero attached hydrogens (tertiary/aromatic N) is 4. The molecular weight excluding hydrogens is 382 g/mol. The van der Waals surface area contributed by atoms with Crippen molar-refractivity contribution in [1.29, 1.82) is 0 Å². The molecule has 2 heterocycles. The number of anilines is 1. The first kappa shape index (κ1) is 17.3. The number of hydrogen-bond acceptors (Lipinski definition) is 5. The van der Waals surface area contributed by atoms with E-state index < -0.39 is 5.91 Å². The highest BCUT2D eigenvalue weighted by Crippen LogP contribution is 2.26. The van der Waals surface area contributed by atoms with Crippen molar-refractivity contribution in [2.45, 2.75) is 0 Å². The van der Waals surface area contributed by atoms with E-state index in [0.717, 1.165) is 21.5 Å². The van der Waals surface area contributed by atoms with Crippen molar-refractivity contribution < 1.29 is 4.79 Å². The van der Waals surface area contributed by atoms with Crippen LogP contribution in [0.25, 0.3) is 27.3 Å². The Morgan fingerprint density at radius 2 is 1.52 bits per heavy atom. The van der Waals surface area contributed by atoms with E-state index in [2.05, 4.69) is 20.4 Å². The maximum Gasteiger partial charge on any atom is 0.297 e. The molecule has 5 rings (SSSR count). The summed E-state index contributed by atoms with van der Waals surface area (Å²) < 4.78 is 2.69. The van der Waals surface area contributed by atoms with Crippen molar-refractivity contribution in [3.63, 3.8) is 0 Å². The Kier molecular flexibility index (Phi) is 4.34. The highest BCUT2D eigenvalue weighted by molar-refractivity contribution is 7.22. The third kappa shape index (κ3) is 3.39. The first-order valence-electron chi connectivity index (χ1n) is 9.03. The number of thiazole rings is 1. The van der Waals surface area contributed by atoms with E-state index in [1.165, 1.54) is 11.3 Å². The van der Waals surface area contributed by atoms with Gasteiger partial charge in [-0.1, -0.05) is 72.0 Å². The number of amides is 1. The molecule has 0 aliphatic carbocycles. The van der Waals surface area contributed by atoms with Gasteiger partial charge in [-0.25, -0.2) is 14.6 Å². The lowest BCUT2D eigenvalue weighted by molar-refractivity contribution is 0.101. The van der Waals surface area contributed by atoms with Crippen LogP contribution in [-0.2, 0) is 0 Å². The van der Waals surface area contributed by atoms with Crippen LogP contribution in [-0.4, -0.2) is 25.7 Å². The van der Waals surface area contributed by atoms with Crippen molar-refractivity contribution in [3.8, 4) is 17.1 Å². The molecule has 0 aliphatic heterocycles. The van der Waals surface area contributed by atoms with Crippen LogP contribution in [0.3, 0.4) is 0 Å². The molecule has 0 radical (unpaired) electrons. The molecule has 0 bridgehead atoms. The van der Waals surface area contributed by atoms with E-state index in [1.54, 1.807) is 4.68 Å². The molecule has 0 unspecified atom stereocenters. The van der Waals surface area contributed by atoms with Crippen molar-refractivity contribution in [1.82, 2.24) is 19.7 Å². The van der Waals surface area contributed by atoms with Crippen molar-refractivity contribution >= 4 is 32.6 Å². The van der Waals surface area contributed by atoms with Gasteiger partial charge in [-0.15, -0.1) is 5.10 Å². The molecule has 5 aromatic rings. The number of para-hydroxylation sites is 2. The highest BCUT2D eigenvalue weighted by Gasteiger charge is 2.19. The zero-order valence-electron chi connectivity index (χ0n) is 15.2. The van der Waals surface area contributed by atoms with E-state index in [1.807, 2.05) is 84.9 Å². The van der Waals surface area contributed by atoms with E-state index in [-0.39, 0.29) is 5.82 Å². The largest absolute Gasteiger partial charge is 0.297 e. The van der Waals surface area contributed by atoms with Crippen LogP contribution in [0.5, 0.6) is 0 Å². The standard InChI is InChI=1S/C22H15N5OS/c28-21(25-22-23-17-13-7-8-14-18(17)29-22)19-24-20(15-9-3-1-4-10-15)27(26-19)16-11-5-2-6-12-16/h1-14H,(H,23,25,28). The van der Waals surface area contributed by atoms with Gasteiger partial charge in [0.05, 0.1) is 15.9 Å². The predicted octanol–water partition coefficient (Wildman–Crippen LogP) is 4.80. The predicted molar refractivity (Wildman–Crippen MR) is 114 cm³/mol. The Bertz CT molecular complexity index is 1200. The molecule has 7 heteroatoms. The number of nitrogens with one attached hydrogen (secondary N) is 1. The average Bonchev–Trinajstić information content (AvgIpc) is 3.39. The minimum atomic E-state index is -0.393. The SMILES string of the molecule is O=C(Nc1nc2ccccc2s1)c1nc(-c2ccccc2)n(-c2ccccc2)n1. The Morgan fingerprint density at radius 3 is 2.28 bits per heavy atom. The second-order valence-corrected chi connectivity index (χ2v) is 7.34. The highest BCUT2D eigenvalue weighted by atomic mass is 32.1. The molecule has 0 saturated carbocycles. The lowest BCUT2D eigenvalue weighted by Crippen LogP contribution is -2.14. The van der Waals surface area contributed by atoms with E-state index in [4.69, 9.17) is 0 Å². The Morgan fingerprint density at radius 1 is 0.828 bits per heavy atom. The van der Waals surface area contributed by atoms with Crippen LogP contribution in [0, 0.1) is 0 Å². The number of fused-ring (bicyclic) bond motifs is 1. The second kappa shape index (κ2) is 7.29. The lowest BCUT2D eigenvalue weighted by Gasteiger charge is -2.05. The monoisotopic (exact) mass is 397 g/mol. The summed E-state index contributed by atoms with van der Waals surface area (Å²) in [5, 5.41) is 7.82. The van der Waals surface area contributed by atoms with Crippen LogP contribution >= 0.6 is 11.3 Å². The molecule has 2 aromatic heterocycles. The first-order chi connectivity index (χ1) is 14.3. The topological polar surface area (TPSA) is 72.7 Å². The fourth-order valence-electron chi connectivity index (χ4n) is 3.01. The normalized spacial score (nSPS) is 10.9. The molecule has 29 heavy (non-hydrogen) atoms. The van der Waals surface area contributed by atoms with Gasteiger partial charge in [0, 0.05) is 5.56 Å². The molecule has 0 atom stereocenters. The summed E-state index contributed by atoms with van der Waals surface area (Å²) in [5.41, 5.74) is 2.56. The average molecular weight is 397 g/mol. The Hall–Kier alpha value is -3.84. The maximum atomic E-state index is 12.8. The number of rotatable bonds is 4. The zero-order chi connectivity index (χ0) is 19.6. The van der Waals surface area contributed by atoms with Crippen molar-refractivity contribution in [3.05, 3.63) is 90.8 Å². The zero-order valence-corrected chi connectivity index (χ0v) is 16.0. The second-order valence-electron chi connectivity index (χ2n) is 6.31. The quantitative estimate of drug-likeness (QED) is 0.473. The Labute approximate surface area is 170 Å². The lowest BCUT2D eigenvalue weighted by atomic mass is 10.2. The molecule has 140 valence electrons. The molecule has 1 amide bonds. The minimum absolute atomic E-state index is 0.0898. The van der Waals surface area contributed by atoms with Crippen LogP contribution < -0.4 is 5.32 Å². The smallest absolute Gasteiger partial charge is 0.295 e. The van der Waals surface area contributed by atoms with Gasteiger partial charge in [0.2, 0.25) is 5.82 Å². The number of carbonyl (C=O) groups is 1. The summed E-state index contributed by atoms with van der Waals surface area (Å²) in [7, 11) is 0. The van der Waals surface area contributed by atoms with E-state index in [9.17, 15) is 4.79 Å². The van der Waals surface area contributed by atoms with Crippen LogP contribution in [0.2, 0.25) is 0 Å².